The molecule has 0 spiro atoms. The van der Waals surface area contributed by atoms with Gasteiger partial charge in [-0.3, -0.25) is 4.90 Å². The quantitative estimate of drug-likeness (QED) is 0.799. The van der Waals surface area contributed by atoms with E-state index in [1.54, 1.807) is 0 Å². The van der Waals surface area contributed by atoms with Gasteiger partial charge in [0.25, 0.3) is 0 Å². The Morgan fingerprint density at radius 2 is 2.13 bits per heavy atom. The molecule has 0 bridgehead atoms. The third-order valence-corrected chi connectivity index (χ3v) is 4.98. The Morgan fingerprint density at radius 3 is 2.87 bits per heavy atom. The fourth-order valence-electron chi connectivity index (χ4n) is 3.81. The molecule has 3 rings (SSSR count). The van der Waals surface area contributed by atoms with Crippen molar-refractivity contribution in [1.29, 1.82) is 0 Å². The maximum Gasteiger partial charge on any atom is 0.337 e. The van der Waals surface area contributed by atoms with Crippen LogP contribution >= 0.6 is 0 Å². The second kappa shape index (κ2) is 6.75. The molecule has 0 unspecified atom stereocenters. The number of likely N-dealkylation sites (tertiary alicyclic amines) is 1. The number of benzene rings is 1. The number of aryl methyl sites for hydroxylation is 1. The fraction of sp³-hybridized carbons (Fsp3) is 0.526. The number of esters is 1. The second-order valence-electron chi connectivity index (χ2n) is 6.48. The van der Waals surface area contributed by atoms with Crippen molar-refractivity contribution in [2.75, 3.05) is 20.2 Å². The van der Waals surface area contributed by atoms with E-state index < -0.39 is 0 Å². The molecule has 2 atom stereocenters. The lowest BCUT2D eigenvalue weighted by Crippen LogP contribution is -2.32. The molecule has 1 fully saturated rings. The van der Waals surface area contributed by atoms with Crippen LogP contribution in [-0.2, 0) is 14.3 Å². The predicted octanol–water partition coefficient (Wildman–Crippen LogP) is 3.37. The highest BCUT2D eigenvalue weighted by Crippen LogP contribution is 2.35. The molecule has 0 aliphatic carbocycles. The zero-order chi connectivity index (χ0) is 16.4. The lowest BCUT2D eigenvalue weighted by molar-refractivity contribution is -0.136. The molecule has 4 heteroatoms. The van der Waals surface area contributed by atoms with Gasteiger partial charge in [0.15, 0.2) is 0 Å². The Kier molecular flexibility index (Phi) is 4.71. The Labute approximate surface area is 138 Å². The van der Waals surface area contributed by atoms with Gasteiger partial charge in [0.05, 0.1) is 12.7 Å². The molecule has 23 heavy (non-hydrogen) atoms. The summed E-state index contributed by atoms with van der Waals surface area (Å²) < 4.78 is 10.7. The molecule has 0 saturated carbocycles. The van der Waals surface area contributed by atoms with E-state index in [9.17, 15) is 4.79 Å². The third-order valence-electron chi connectivity index (χ3n) is 4.98. The molecular formula is C19H25NO3. The number of rotatable bonds is 4. The summed E-state index contributed by atoms with van der Waals surface area (Å²) in [6, 6.07) is 9.08. The van der Waals surface area contributed by atoms with Gasteiger partial charge in [-0.15, -0.1) is 0 Å². The monoisotopic (exact) mass is 315 g/mol. The van der Waals surface area contributed by atoms with Crippen LogP contribution in [0.5, 0.6) is 0 Å². The Morgan fingerprint density at radius 1 is 1.35 bits per heavy atom. The van der Waals surface area contributed by atoms with Gasteiger partial charge in [0.1, 0.15) is 11.9 Å². The zero-order valence-electron chi connectivity index (χ0n) is 14.2. The standard InChI is InChI=1S/C19H25NO3/c1-13-7-4-5-8-16(13)18-9-6-10-20(18)12-15-11-17(14(2)23-15)19(21)22-3/h4-5,7-8,15,18H,6,9-12H2,1-3H3/t15-,18+/m0/s1. The first-order valence-electron chi connectivity index (χ1n) is 8.34. The van der Waals surface area contributed by atoms with Crippen LogP contribution < -0.4 is 0 Å². The minimum atomic E-state index is -0.262. The number of carbonyl (C=O) groups excluding carboxylic acids is 1. The maximum atomic E-state index is 11.8. The largest absolute Gasteiger partial charge is 0.493 e. The van der Waals surface area contributed by atoms with Gasteiger partial charge in [-0.1, -0.05) is 24.3 Å². The van der Waals surface area contributed by atoms with Crippen LogP contribution in [0.25, 0.3) is 0 Å². The number of hydrogen-bond acceptors (Lipinski definition) is 4. The summed E-state index contributed by atoms with van der Waals surface area (Å²) in [5.74, 6) is 0.454. The number of hydrogen-bond donors (Lipinski definition) is 0. The number of ether oxygens (including phenoxy) is 2. The van der Waals surface area contributed by atoms with E-state index in [2.05, 4.69) is 36.1 Å². The first-order chi connectivity index (χ1) is 11.1. The van der Waals surface area contributed by atoms with Crippen LogP contribution in [0.1, 0.15) is 43.4 Å². The molecule has 2 heterocycles. The Bertz CT molecular complexity index is 623. The summed E-state index contributed by atoms with van der Waals surface area (Å²) in [5, 5.41) is 0. The van der Waals surface area contributed by atoms with E-state index in [0.717, 1.165) is 13.1 Å². The van der Waals surface area contributed by atoms with Gasteiger partial charge in [-0.25, -0.2) is 4.79 Å². The lowest BCUT2D eigenvalue weighted by atomic mass is 9.99. The summed E-state index contributed by atoms with van der Waals surface area (Å²) in [7, 11) is 1.42. The lowest BCUT2D eigenvalue weighted by Gasteiger charge is -2.28. The smallest absolute Gasteiger partial charge is 0.337 e. The summed E-state index contributed by atoms with van der Waals surface area (Å²) in [6.45, 7) is 5.98. The summed E-state index contributed by atoms with van der Waals surface area (Å²) in [5.41, 5.74) is 3.45. The van der Waals surface area contributed by atoms with Crippen LogP contribution in [0.2, 0.25) is 0 Å². The van der Waals surface area contributed by atoms with Crippen LogP contribution in [-0.4, -0.2) is 37.2 Å². The number of carbonyl (C=O) groups is 1. The van der Waals surface area contributed by atoms with Crippen molar-refractivity contribution < 1.29 is 14.3 Å². The normalized spacial score (nSPS) is 24.8. The van der Waals surface area contributed by atoms with Gasteiger partial charge in [0, 0.05) is 19.0 Å². The minimum Gasteiger partial charge on any atom is -0.493 e. The Balaban J connectivity index is 1.67. The highest BCUT2D eigenvalue weighted by molar-refractivity contribution is 5.89. The summed E-state index contributed by atoms with van der Waals surface area (Å²) in [4.78, 5) is 14.3. The average Bonchev–Trinajstić information content (AvgIpc) is 3.14. The van der Waals surface area contributed by atoms with Crippen LogP contribution in [0.4, 0.5) is 0 Å². The van der Waals surface area contributed by atoms with Gasteiger partial charge >= 0.3 is 5.97 Å². The van der Waals surface area contributed by atoms with Crippen LogP contribution in [0.15, 0.2) is 35.6 Å². The van der Waals surface area contributed by atoms with Crippen molar-refractivity contribution in [2.45, 2.75) is 45.3 Å². The fourth-order valence-corrected chi connectivity index (χ4v) is 3.81. The van der Waals surface area contributed by atoms with Gasteiger partial charge in [-0.05, 0) is 44.4 Å². The average molecular weight is 315 g/mol. The van der Waals surface area contributed by atoms with E-state index in [4.69, 9.17) is 9.47 Å². The molecule has 2 aliphatic rings. The first kappa shape index (κ1) is 16.1. The van der Waals surface area contributed by atoms with Crippen molar-refractivity contribution in [1.82, 2.24) is 4.90 Å². The van der Waals surface area contributed by atoms with E-state index in [1.165, 1.54) is 31.1 Å². The van der Waals surface area contributed by atoms with Crippen molar-refractivity contribution in [3.8, 4) is 0 Å². The molecule has 1 aromatic carbocycles. The second-order valence-corrected chi connectivity index (χ2v) is 6.48. The summed E-state index contributed by atoms with van der Waals surface area (Å²) >= 11 is 0. The minimum absolute atomic E-state index is 0.0497. The van der Waals surface area contributed by atoms with Crippen molar-refractivity contribution in [3.05, 3.63) is 46.7 Å². The zero-order valence-corrected chi connectivity index (χ0v) is 14.2. The van der Waals surface area contributed by atoms with E-state index in [1.807, 2.05) is 6.92 Å². The molecule has 1 aromatic rings. The molecule has 0 radical (unpaired) electrons. The molecule has 0 amide bonds. The van der Waals surface area contributed by atoms with Crippen LogP contribution in [0, 0.1) is 6.92 Å². The highest BCUT2D eigenvalue weighted by Gasteiger charge is 2.34. The number of nitrogens with zero attached hydrogens (tertiary/aromatic N) is 1. The Hall–Kier alpha value is -1.81. The van der Waals surface area contributed by atoms with Gasteiger partial charge in [-0.2, -0.15) is 0 Å². The van der Waals surface area contributed by atoms with Crippen molar-refractivity contribution >= 4 is 5.97 Å². The van der Waals surface area contributed by atoms with Gasteiger partial charge < -0.3 is 9.47 Å². The maximum absolute atomic E-state index is 11.8. The molecule has 124 valence electrons. The highest BCUT2D eigenvalue weighted by atomic mass is 16.5. The molecule has 2 aliphatic heterocycles. The van der Waals surface area contributed by atoms with Crippen molar-refractivity contribution in [3.63, 3.8) is 0 Å². The van der Waals surface area contributed by atoms with E-state index in [-0.39, 0.29) is 12.1 Å². The molecule has 0 aromatic heterocycles. The molecular weight excluding hydrogens is 290 g/mol. The first-order valence-corrected chi connectivity index (χ1v) is 8.34. The number of methoxy groups -OCH3 is 1. The third kappa shape index (κ3) is 3.27. The predicted molar refractivity (Wildman–Crippen MR) is 88.9 cm³/mol. The SMILES string of the molecule is COC(=O)C1=C(C)O[C@H](CN2CCC[C@@H]2c2ccccc2C)C1. The number of allylic oxidation sites excluding steroid dienone is 1. The van der Waals surface area contributed by atoms with E-state index in [0.29, 0.717) is 23.8 Å². The topological polar surface area (TPSA) is 38.8 Å². The van der Waals surface area contributed by atoms with Gasteiger partial charge in [0.2, 0.25) is 0 Å². The molecule has 4 nitrogen and oxygen atoms in total. The van der Waals surface area contributed by atoms with Crippen LogP contribution in [0.3, 0.4) is 0 Å². The van der Waals surface area contributed by atoms with Crippen molar-refractivity contribution in [2.24, 2.45) is 0 Å². The summed E-state index contributed by atoms with van der Waals surface area (Å²) in [6.07, 6.45) is 3.10. The molecule has 0 N–H and O–H groups in total. The molecule has 1 saturated heterocycles. The van der Waals surface area contributed by atoms with E-state index >= 15 is 0 Å².